The third-order valence-electron chi connectivity index (χ3n) is 3.08. The molecule has 0 aliphatic carbocycles. The molecule has 21 heavy (non-hydrogen) atoms. The van der Waals surface area contributed by atoms with Crippen LogP contribution in [0.4, 0.5) is 24.5 Å². The van der Waals surface area contributed by atoms with Crippen molar-refractivity contribution in [2.45, 2.75) is 32.5 Å². The standard InChI is InChI=1S/C15H17F3N2S/c1-9(7-12-5-3-10(2)21-12)20-11-4-6-14(19)13(8-11)15(16,17)18/h3-6,8-9,20H,7,19H2,1-2H3. The van der Waals surface area contributed by atoms with Crippen molar-refractivity contribution in [3.05, 3.63) is 45.6 Å². The molecule has 0 spiro atoms. The van der Waals surface area contributed by atoms with E-state index in [-0.39, 0.29) is 11.7 Å². The second-order valence-corrected chi connectivity index (χ2v) is 6.43. The summed E-state index contributed by atoms with van der Waals surface area (Å²) in [5.74, 6) is 0. The fourth-order valence-corrected chi connectivity index (χ4v) is 3.14. The lowest BCUT2D eigenvalue weighted by Gasteiger charge is -2.17. The Morgan fingerprint density at radius 3 is 2.52 bits per heavy atom. The molecule has 0 saturated heterocycles. The molecule has 1 atom stereocenters. The van der Waals surface area contributed by atoms with E-state index in [1.165, 1.54) is 15.8 Å². The van der Waals surface area contributed by atoms with E-state index in [0.29, 0.717) is 5.69 Å². The number of nitrogens with two attached hydrogens (primary N) is 1. The fraction of sp³-hybridized carbons (Fsp3) is 0.333. The summed E-state index contributed by atoms with van der Waals surface area (Å²) in [4.78, 5) is 2.43. The maximum absolute atomic E-state index is 12.8. The van der Waals surface area contributed by atoms with E-state index in [1.807, 2.05) is 26.0 Å². The van der Waals surface area contributed by atoms with Gasteiger partial charge in [0.15, 0.2) is 0 Å². The van der Waals surface area contributed by atoms with Gasteiger partial charge in [-0.15, -0.1) is 11.3 Å². The molecule has 3 N–H and O–H groups in total. The first-order valence-corrected chi connectivity index (χ1v) is 7.36. The number of anilines is 2. The van der Waals surface area contributed by atoms with Crippen LogP contribution in [0.5, 0.6) is 0 Å². The zero-order chi connectivity index (χ0) is 15.6. The lowest BCUT2D eigenvalue weighted by Crippen LogP contribution is -2.18. The molecule has 0 amide bonds. The van der Waals surface area contributed by atoms with Crippen molar-refractivity contribution in [3.8, 4) is 0 Å². The van der Waals surface area contributed by atoms with Crippen LogP contribution in [-0.4, -0.2) is 6.04 Å². The summed E-state index contributed by atoms with van der Waals surface area (Å²) in [5, 5.41) is 3.09. The highest BCUT2D eigenvalue weighted by molar-refractivity contribution is 7.11. The summed E-state index contributed by atoms with van der Waals surface area (Å²) in [7, 11) is 0. The summed E-state index contributed by atoms with van der Waals surface area (Å²) in [6.45, 7) is 3.97. The minimum atomic E-state index is -4.43. The smallest absolute Gasteiger partial charge is 0.398 e. The lowest BCUT2D eigenvalue weighted by atomic mass is 10.1. The van der Waals surface area contributed by atoms with Crippen LogP contribution >= 0.6 is 11.3 Å². The van der Waals surface area contributed by atoms with Gasteiger partial charge in [0.2, 0.25) is 0 Å². The van der Waals surface area contributed by atoms with Gasteiger partial charge in [-0.3, -0.25) is 0 Å². The SMILES string of the molecule is Cc1ccc(CC(C)Nc2ccc(N)c(C(F)(F)F)c2)s1. The van der Waals surface area contributed by atoms with Crippen LogP contribution in [-0.2, 0) is 12.6 Å². The first-order chi connectivity index (χ1) is 9.75. The molecule has 0 fully saturated rings. The highest BCUT2D eigenvalue weighted by Gasteiger charge is 2.33. The predicted octanol–water partition coefficient (Wildman–Crippen LogP) is 4.70. The van der Waals surface area contributed by atoms with Gasteiger partial charge in [0, 0.05) is 33.6 Å². The molecular formula is C15H17F3N2S. The molecule has 1 aromatic heterocycles. The van der Waals surface area contributed by atoms with Gasteiger partial charge in [-0.1, -0.05) is 0 Å². The van der Waals surface area contributed by atoms with Crippen LogP contribution in [0.1, 0.15) is 22.2 Å². The van der Waals surface area contributed by atoms with E-state index in [4.69, 9.17) is 5.73 Å². The van der Waals surface area contributed by atoms with Crippen LogP contribution in [0.2, 0.25) is 0 Å². The quantitative estimate of drug-likeness (QED) is 0.803. The normalized spacial score (nSPS) is 13.2. The number of rotatable bonds is 4. The number of halogens is 3. The summed E-state index contributed by atoms with van der Waals surface area (Å²) >= 11 is 1.70. The van der Waals surface area contributed by atoms with Gasteiger partial charge in [0.1, 0.15) is 0 Å². The summed E-state index contributed by atoms with van der Waals surface area (Å²) in [6, 6.07) is 8.03. The topological polar surface area (TPSA) is 38.0 Å². The fourth-order valence-electron chi connectivity index (χ4n) is 2.12. The number of alkyl halides is 3. The van der Waals surface area contributed by atoms with E-state index < -0.39 is 11.7 Å². The molecule has 1 aromatic carbocycles. The third-order valence-corrected chi connectivity index (χ3v) is 4.10. The Morgan fingerprint density at radius 1 is 1.24 bits per heavy atom. The maximum atomic E-state index is 12.8. The summed E-state index contributed by atoms with van der Waals surface area (Å²) in [6.07, 6.45) is -3.67. The van der Waals surface area contributed by atoms with Crippen molar-refractivity contribution in [1.82, 2.24) is 0 Å². The van der Waals surface area contributed by atoms with Crippen molar-refractivity contribution >= 4 is 22.7 Å². The number of benzene rings is 1. The molecule has 2 aromatic rings. The number of aryl methyl sites for hydroxylation is 1. The zero-order valence-electron chi connectivity index (χ0n) is 11.8. The van der Waals surface area contributed by atoms with Crippen molar-refractivity contribution in [3.63, 3.8) is 0 Å². The Bertz CT molecular complexity index is 620. The molecule has 0 aliphatic rings. The molecule has 1 unspecified atom stereocenters. The van der Waals surface area contributed by atoms with Crippen LogP contribution in [0.25, 0.3) is 0 Å². The van der Waals surface area contributed by atoms with E-state index in [0.717, 1.165) is 12.5 Å². The zero-order valence-corrected chi connectivity index (χ0v) is 12.6. The van der Waals surface area contributed by atoms with Gasteiger partial charge < -0.3 is 11.1 Å². The van der Waals surface area contributed by atoms with E-state index >= 15 is 0 Å². The molecule has 114 valence electrons. The molecule has 2 rings (SSSR count). The van der Waals surface area contributed by atoms with Gasteiger partial charge in [-0.25, -0.2) is 0 Å². The predicted molar refractivity (Wildman–Crippen MR) is 81.7 cm³/mol. The molecular weight excluding hydrogens is 297 g/mol. The van der Waals surface area contributed by atoms with Gasteiger partial charge in [-0.05, 0) is 44.2 Å². The second kappa shape index (κ2) is 5.97. The first-order valence-electron chi connectivity index (χ1n) is 6.54. The lowest BCUT2D eigenvalue weighted by molar-refractivity contribution is -0.136. The first kappa shape index (κ1) is 15.7. The molecule has 0 aliphatic heterocycles. The maximum Gasteiger partial charge on any atom is 0.418 e. The number of hydrogen-bond donors (Lipinski definition) is 2. The average molecular weight is 314 g/mol. The Kier molecular flexibility index (Phi) is 4.46. The Balaban J connectivity index is 2.09. The largest absolute Gasteiger partial charge is 0.418 e. The van der Waals surface area contributed by atoms with Crippen LogP contribution < -0.4 is 11.1 Å². The molecule has 6 heteroatoms. The van der Waals surface area contributed by atoms with Crippen molar-refractivity contribution in [2.75, 3.05) is 11.1 Å². The van der Waals surface area contributed by atoms with Gasteiger partial charge in [0.05, 0.1) is 5.56 Å². The highest BCUT2D eigenvalue weighted by Crippen LogP contribution is 2.35. The van der Waals surface area contributed by atoms with Crippen LogP contribution in [0, 0.1) is 6.92 Å². The summed E-state index contributed by atoms with van der Waals surface area (Å²) in [5.41, 5.74) is 4.76. The molecule has 0 radical (unpaired) electrons. The molecule has 0 saturated carbocycles. The van der Waals surface area contributed by atoms with E-state index in [9.17, 15) is 13.2 Å². The molecule has 0 bridgehead atoms. The average Bonchev–Trinajstić information content (AvgIpc) is 2.75. The highest BCUT2D eigenvalue weighted by atomic mass is 32.1. The number of hydrogen-bond acceptors (Lipinski definition) is 3. The molecule has 2 nitrogen and oxygen atoms in total. The van der Waals surface area contributed by atoms with E-state index in [1.54, 1.807) is 17.4 Å². The number of nitrogen functional groups attached to an aromatic ring is 1. The second-order valence-electron chi connectivity index (χ2n) is 5.06. The van der Waals surface area contributed by atoms with Gasteiger partial charge >= 0.3 is 6.18 Å². The van der Waals surface area contributed by atoms with Crippen LogP contribution in [0.15, 0.2) is 30.3 Å². The van der Waals surface area contributed by atoms with Gasteiger partial charge in [0.25, 0.3) is 0 Å². The minimum absolute atomic E-state index is 0.0350. The van der Waals surface area contributed by atoms with Gasteiger partial charge in [-0.2, -0.15) is 13.2 Å². The minimum Gasteiger partial charge on any atom is -0.398 e. The van der Waals surface area contributed by atoms with Crippen LogP contribution in [0.3, 0.4) is 0 Å². The Morgan fingerprint density at radius 2 is 1.95 bits per heavy atom. The number of thiophene rings is 1. The Labute approximate surface area is 125 Å². The van der Waals surface area contributed by atoms with Crippen molar-refractivity contribution in [1.29, 1.82) is 0 Å². The third kappa shape index (κ3) is 4.14. The summed E-state index contributed by atoms with van der Waals surface area (Å²) < 4.78 is 38.4. The van der Waals surface area contributed by atoms with Crippen molar-refractivity contribution in [2.24, 2.45) is 0 Å². The van der Waals surface area contributed by atoms with Crippen molar-refractivity contribution < 1.29 is 13.2 Å². The van der Waals surface area contributed by atoms with E-state index in [2.05, 4.69) is 5.32 Å². The monoisotopic (exact) mass is 314 g/mol. The molecule has 1 heterocycles. The Hall–Kier alpha value is -1.69. The number of nitrogens with one attached hydrogen (secondary N) is 1.